The summed E-state index contributed by atoms with van der Waals surface area (Å²) in [6, 6.07) is 15.2. The molecule has 4 nitrogen and oxygen atoms in total. The smallest absolute Gasteiger partial charge is 0.226 e. The van der Waals surface area contributed by atoms with Crippen molar-refractivity contribution in [3.63, 3.8) is 0 Å². The molecule has 1 saturated carbocycles. The zero-order valence-electron chi connectivity index (χ0n) is 14.8. The van der Waals surface area contributed by atoms with E-state index in [1.807, 2.05) is 53.4 Å². The van der Waals surface area contributed by atoms with Crippen molar-refractivity contribution in [2.45, 2.75) is 31.9 Å². The second kappa shape index (κ2) is 7.91. The maximum absolute atomic E-state index is 12.8. The molecule has 1 aliphatic heterocycles. The highest BCUT2D eigenvalue weighted by Gasteiger charge is 2.35. The molecule has 0 saturated heterocycles. The first-order chi connectivity index (χ1) is 13.1. The quantitative estimate of drug-likeness (QED) is 0.687. The first kappa shape index (κ1) is 18.3. The highest BCUT2D eigenvalue weighted by molar-refractivity contribution is 6.31. The minimum absolute atomic E-state index is 0.144. The van der Waals surface area contributed by atoms with Crippen molar-refractivity contribution in [3.05, 3.63) is 69.7 Å². The third kappa shape index (κ3) is 4.45. The van der Waals surface area contributed by atoms with Crippen molar-refractivity contribution < 1.29 is 9.63 Å². The Bertz CT molecular complexity index is 863. The van der Waals surface area contributed by atoms with Crippen molar-refractivity contribution in [1.29, 1.82) is 0 Å². The van der Waals surface area contributed by atoms with Crippen LogP contribution in [0.25, 0.3) is 0 Å². The first-order valence-electron chi connectivity index (χ1n) is 9.11. The molecule has 4 rings (SSSR count). The number of rotatable bonds is 6. The number of oxime groups is 1. The number of carbonyl (C=O) groups is 1. The van der Waals surface area contributed by atoms with E-state index in [-0.39, 0.29) is 17.9 Å². The van der Waals surface area contributed by atoms with Gasteiger partial charge in [0.05, 0.1) is 12.3 Å². The van der Waals surface area contributed by atoms with Gasteiger partial charge < -0.3 is 9.74 Å². The van der Waals surface area contributed by atoms with Crippen LogP contribution in [0, 0.1) is 5.92 Å². The zero-order valence-corrected chi connectivity index (χ0v) is 16.3. The van der Waals surface area contributed by atoms with Gasteiger partial charge in [0.2, 0.25) is 5.91 Å². The molecule has 1 heterocycles. The third-order valence-corrected chi connectivity index (χ3v) is 5.51. The van der Waals surface area contributed by atoms with Gasteiger partial charge >= 0.3 is 0 Å². The van der Waals surface area contributed by atoms with E-state index >= 15 is 0 Å². The molecule has 1 aliphatic carbocycles. The van der Waals surface area contributed by atoms with Crippen molar-refractivity contribution in [2.24, 2.45) is 11.1 Å². The number of hydrogen-bond acceptors (Lipinski definition) is 3. The Labute approximate surface area is 168 Å². The Morgan fingerprint density at radius 3 is 2.56 bits per heavy atom. The van der Waals surface area contributed by atoms with Crippen LogP contribution in [0.15, 0.2) is 53.7 Å². The molecule has 2 aromatic carbocycles. The maximum Gasteiger partial charge on any atom is 0.226 e. The van der Waals surface area contributed by atoms with E-state index in [9.17, 15) is 4.79 Å². The van der Waals surface area contributed by atoms with Crippen molar-refractivity contribution in [3.8, 4) is 0 Å². The molecule has 27 heavy (non-hydrogen) atoms. The Morgan fingerprint density at radius 1 is 1.11 bits per heavy atom. The maximum atomic E-state index is 12.8. The summed E-state index contributed by atoms with van der Waals surface area (Å²) in [5.41, 5.74) is 2.83. The lowest BCUT2D eigenvalue weighted by Crippen LogP contribution is -2.38. The number of hydrogen-bond donors (Lipinski definition) is 0. The molecule has 140 valence electrons. The summed E-state index contributed by atoms with van der Waals surface area (Å²) in [7, 11) is 0. The van der Waals surface area contributed by atoms with E-state index in [0.717, 1.165) is 29.7 Å². The zero-order chi connectivity index (χ0) is 18.8. The van der Waals surface area contributed by atoms with Gasteiger partial charge in [0, 0.05) is 28.9 Å². The van der Waals surface area contributed by atoms with Gasteiger partial charge in [-0.1, -0.05) is 58.7 Å². The Balaban J connectivity index is 1.44. The summed E-state index contributed by atoms with van der Waals surface area (Å²) in [5, 5.41) is 5.59. The van der Waals surface area contributed by atoms with Crippen LogP contribution < -0.4 is 0 Å². The predicted molar refractivity (Wildman–Crippen MR) is 107 cm³/mol. The Morgan fingerprint density at radius 2 is 1.85 bits per heavy atom. The van der Waals surface area contributed by atoms with Crippen molar-refractivity contribution >= 4 is 34.8 Å². The molecule has 0 unspecified atom stereocenters. The topological polar surface area (TPSA) is 41.9 Å². The van der Waals surface area contributed by atoms with Gasteiger partial charge in [-0.25, -0.2) is 0 Å². The minimum atomic E-state index is -0.152. The van der Waals surface area contributed by atoms with Crippen LogP contribution >= 0.6 is 23.2 Å². The fraction of sp³-hybridized carbons (Fsp3) is 0.333. The van der Waals surface area contributed by atoms with Crippen LogP contribution in [-0.4, -0.2) is 29.2 Å². The molecule has 0 spiro atoms. The third-order valence-electron chi connectivity index (χ3n) is 4.89. The van der Waals surface area contributed by atoms with Crippen LogP contribution in [0.1, 0.15) is 30.4 Å². The molecular weight excluding hydrogens is 383 g/mol. The molecule has 1 amide bonds. The van der Waals surface area contributed by atoms with Crippen LogP contribution in [0.4, 0.5) is 0 Å². The molecule has 0 radical (unpaired) electrons. The van der Waals surface area contributed by atoms with Crippen LogP contribution in [-0.2, 0) is 16.2 Å². The predicted octanol–water partition coefficient (Wildman–Crippen LogP) is 4.93. The fourth-order valence-corrected chi connectivity index (χ4v) is 3.56. The molecule has 2 aromatic rings. The van der Waals surface area contributed by atoms with Gasteiger partial charge in [-0.05, 0) is 42.2 Å². The summed E-state index contributed by atoms with van der Waals surface area (Å²) in [6.07, 6.45) is 2.45. The Kier molecular flexibility index (Phi) is 5.37. The highest BCUT2D eigenvalue weighted by atomic mass is 35.5. The largest absolute Gasteiger partial charge is 0.390 e. The molecule has 0 aromatic heterocycles. The first-order valence-corrected chi connectivity index (χ1v) is 9.86. The lowest BCUT2D eigenvalue weighted by Gasteiger charge is -2.25. The second-order valence-electron chi connectivity index (χ2n) is 7.06. The van der Waals surface area contributed by atoms with Gasteiger partial charge in [0.1, 0.15) is 0 Å². The van der Waals surface area contributed by atoms with E-state index in [2.05, 4.69) is 5.16 Å². The van der Waals surface area contributed by atoms with Crippen molar-refractivity contribution in [2.75, 3.05) is 6.54 Å². The summed E-state index contributed by atoms with van der Waals surface area (Å²) >= 11 is 12.2. The fourth-order valence-electron chi connectivity index (χ4n) is 3.24. The Hall–Kier alpha value is -2.04. The van der Waals surface area contributed by atoms with Crippen LogP contribution in [0.5, 0.6) is 0 Å². The number of benzene rings is 2. The summed E-state index contributed by atoms with van der Waals surface area (Å²) in [5.74, 6) is 0.323. The lowest BCUT2D eigenvalue weighted by molar-refractivity contribution is -0.135. The normalized spacial score (nSPS) is 18.7. The molecule has 6 heteroatoms. The molecular formula is C21H20Cl2N2O2. The lowest BCUT2D eigenvalue weighted by atomic mass is 10.0. The van der Waals surface area contributed by atoms with E-state index in [0.29, 0.717) is 29.6 Å². The average molecular weight is 403 g/mol. The van der Waals surface area contributed by atoms with E-state index in [4.69, 9.17) is 28.0 Å². The molecule has 1 atom stereocenters. The van der Waals surface area contributed by atoms with E-state index < -0.39 is 0 Å². The second-order valence-corrected chi connectivity index (χ2v) is 7.90. The van der Waals surface area contributed by atoms with Crippen LogP contribution in [0.3, 0.4) is 0 Å². The van der Waals surface area contributed by atoms with Gasteiger partial charge in [0.15, 0.2) is 6.10 Å². The molecule has 0 bridgehead atoms. The summed E-state index contributed by atoms with van der Waals surface area (Å²) in [4.78, 5) is 20.3. The number of halogens is 2. The summed E-state index contributed by atoms with van der Waals surface area (Å²) < 4.78 is 0. The average Bonchev–Trinajstić information content (AvgIpc) is 3.42. The van der Waals surface area contributed by atoms with Crippen molar-refractivity contribution in [1.82, 2.24) is 4.90 Å². The number of carbonyl (C=O) groups excluding carboxylic acids is 1. The standard InChI is InChI=1S/C21H20Cl2N2O2/c22-17-9-7-14(8-10-17)20-11-18(27-24-20)13-25(21(26)15-5-6-15)12-16-3-1-2-4-19(16)23/h1-4,7-10,15,18H,5-6,11-13H2/t18-/m1/s1. The van der Waals surface area contributed by atoms with Gasteiger partial charge in [-0.2, -0.15) is 0 Å². The highest BCUT2D eigenvalue weighted by Crippen LogP contribution is 2.32. The van der Waals surface area contributed by atoms with Gasteiger partial charge in [-0.3, -0.25) is 4.79 Å². The van der Waals surface area contributed by atoms with Crippen LogP contribution in [0.2, 0.25) is 10.0 Å². The monoisotopic (exact) mass is 402 g/mol. The molecule has 2 aliphatic rings. The van der Waals surface area contributed by atoms with Gasteiger partial charge in [-0.15, -0.1) is 0 Å². The summed E-state index contributed by atoms with van der Waals surface area (Å²) in [6.45, 7) is 0.992. The van der Waals surface area contributed by atoms with E-state index in [1.165, 1.54) is 0 Å². The molecule has 1 fully saturated rings. The number of nitrogens with zero attached hydrogens (tertiary/aromatic N) is 2. The number of amides is 1. The SMILES string of the molecule is O=C(C1CC1)N(Cc1ccccc1Cl)C[C@H]1CC(c2ccc(Cl)cc2)=NO1. The molecule has 0 N–H and O–H groups in total. The van der Waals surface area contributed by atoms with E-state index in [1.54, 1.807) is 0 Å². The van der Waals surface area contributed by atoms with Gasteiger partial charge in [0.25, 0.3) is 0 Å². The minimum Gasteiger partial charge on any atom is -0.390 e.